The first-order chi connectivity index (χ1) is 7.88. The van der Waals surface area contributed by atoms with Gasteiger partial charge < -0.3 is 31.1 Å². The Labute approximate surface area is 97.4 Å². The number of ether oxygens (including phenoxy) is 1. The average Bonchev–Trinajstić information content (AvgIpc) is 2.24. The number of nitrogens with two attached hydrogens (primary N) is 1. The summed E-state index contributed by atoms with van der Waals surface area (Å²) in [7, 11) is 0. The number of carbonyl (C=O) groups excluding carboxylic acids is 2. The van der Waals surface area contributed by atoms with Gasteiger partial charge in [-0.15, -0.1) is 0 Å². The Morgan fingerprint density at radius 2 is 1.94 bits per heavy atom. The fraction of sp³-hybridized carbons (Fsp3) is 0.778. The Kier molecular flexibility index (Phi) is 4.40. The predicted octanol–water partition coefficient (Wildman–Crippen LogP) is -3.54. The van der Waals surface area contributed by atoms with Crippen LogP contribution in [-0.2, 0) is 14.3 Å². The average molecular weight is 248 g/mol. The third-order valence-electron chi connectivity index (χ3n) is 2.58. The van der Waals surface area contributed by atoms with Crippen molar-refractivity contribution in [3.05, 3.63) is 0 Å². The molecule has 17 heavy (non-hydrogen) atoms. The maximum atomic E-state index is 11.1. The maximum absolute atomic E-state index is 11.1. The molecule has 8 nitrogen and oxygen atoms in total. The Hall–Kier alpha value is -1.22. The largest absolute Gasteiger partial charge is 0.394 e. The molecule has 2 amide bonds. The number of hydrogen-bond acceptors (Lipinski definition) is 6. The lowest BCUT2D eigenvalue weighted by molar-refractivity contribution is -0.196. The Balaban J connectivity index is 2.90. The van der Waals surface area contributed by atoms with Crippen molar-refractivity contribution in [2.24, 2.45) is 5.73 Å². The molecule has 0 unspecified atom stereocenters. The van der Waals surface area contributed by atoms with Gasteiger partial charge in [0.2, 0.25) is 11.8 Å². The number of hydrogen-bond donors (Lipinski definition) is 5. The molecule has 1 saturated heterocycles. The highest BCUT2D eigenvalue weighted by Gasteiger charge is 2.46. The number of rotatable bonds is 3. The molecular formula is C9H16N2O6. The molecule has 0 aliphatic carbocycles. The summed E-state index contributed by atoms with van der Waals surface area (Å²) >= 11 is 0. The van der Waals surface area contributed by atoms with Gasteiger partial charge in [0.25, 0.3) is 0 Å². The summed E-state index contributed by atoms with van der Waals surface area (Å²) < 4.78 is 5.04. The second kappa shape index (κ2) is 5.41. The molecule has 0 aromatic carbocycles. The molecule has 0 spiro atoms. The summed E-state index contributed by atoms with van der Waals surface area (Å²) in [5.41, 5.74) is 5.07. The first-order valence-electron chi connectivity index (χ1n) is 5.07. The first kappa shape index (κ1) is 13.8. The number of amides is 2. The van der Waals surface area contributed by atoms with E-state index in [2.05, 4.69) is 5.32 Å². The van der Waals surface area contributed by atoms with E-state index in [-0.39, 0.29) is 0 Å². The van der Waals surface area contributed by atoms with Crippen molar-refractivity contribution in [3.63, 3.8) is 0 Å². The normalized spacial score (nSPS) is 37.5. The zero-order chi connectivity index (χ0) is 13.2. The number of primary amides is 1. The molecule has 0 aromatic heterocycles. The van der Waals surface area contributed by atoms with Gasteiger partial charge in [0.1, 0.15) is 18.3 Å². The van der Waals surface area contributed by atoms with E-state index < -0.39 is 48.9 Å². The minimum Gasteiger partial charge on any atom is -0.394 e. The van der Waals surface area contributed by atoms with E-state index in [4.69, 9.17) is 15.6 Å². The Bertz CT molecular complexity index is 310. The summed E-state index contributed by atoms with van der Waals surface area (Å²) in [6.07, 6.45) is -5.27. The first-order valence-corrected chi connectivity index (χ1v) is 5.07. The van der Waals surface area contributed by atoms with Crippen LogP contribution in [0.2, 0.25) is 0 Å². The molecule has 5 atom stereocenters. The van der Waals surface area contributed by atoms with Crippen LogP contribution in [0.25, 0.3) is 0 Å². The van der Waals surface area contributed by atoms with Crippen molar-refractivity contribution in [1.82, 2.24) is 5.32 Å². The molecule has 0 aromatic rings. The smallest absolute Gasteiger partial charge is 0.248 e. The quantitative estimate of drug-likeness (QED) is 0.350. The summed E-state index contributed by atoms with van der Waals surface area (Å²) in [6, 6.07) is -1.14. The molecule has 6 N–H and O–H groups in total. The SMILES string of the molecule is CC(=O)N[C@@H]1[C@@H](O)[C@H](O)[C@@H](CO)O[C@H]1C(N)=O. The van der Waals surface area contributed by atoms with Crippen molar-refractivity contribution in [2.45, 2.75) is 37.4 Å². The lowest BCUT2D eigenvalue weighted by Crippen LogP contribution is -2.66. The standard InChI is InChI=1S/C9H16N2O6/c1-3(13)11-5-7(15)6(14)4(2-12)17-8(5)9(10)16/h4-8,12,14-15H,2H2,1H3,(H2,10,16)(H,11,13)/t4-,5-,6-,7-,8-/m1/s1. The third-order valence-corrected chi connectivity index (χ3v) is 2.58. The van der Waals surface area contributed by atoms with Crippen LogP contribution in [0.3, 0.4) is 0 Å². The highest BCUT2D eigenvalue weighted by atomic mass is 16.5. The van der Waals surface area contributed by atoms with E-state index in [1.54, 1.807) is 0 Å². The van der Waals surface area contributed by atoms with Crippen molar-refractivity contribution in [2.75, 3.05) is 6.61 Å². The second-order valence-electron chi connectivity index (χ2n) is 3.89. The number of nitrogens with one attached hydrogen (secondary N) is 1. The molecule has 0 saturated carbocycles. The Morgan fingerprint density at radius 1 is 1.35 bits per heavy atom. The molecule has 1 aliphatic rings. The summed E-state index contributed by atoms with van der Waals surface area (Å²) in [5.74, 6) is -1.40. The number of aliphatic hydroxyl groups is 3. The summed E-state index contributed by atoms with van der Waals surface area (Å²) in [6.45, 7) is 0.615. The predicted molar refractivity (Wildman–Crippen MR) is 54.6 cm³/mol. The number of carbonyl (C=O) groups is 2. The molecule has 98 valence electrons. The molecule has 0 radical (unpaired) electrons. The highest BCUT2D eigenvalue weighted by molar-refractivity contribution is 5.81. The van der Waals surface area contributed by atoms with Crippen LogP contribution in [0.5, 0.6) is 0 Å². The van der Waals surface area contributed by atoms with E-state index in [1.807, 2.05) is 0 Å². The minimum atomic E-state index is -1.44. The minimum absolute atomic E-state index is 0.501. The fourth-order valence-electron chi connectivity index (χ4n) is 1.76. The van der Waals surface area contributed by atoms with Crippen LogP contribution >= 0.6 is 0 Å². The molecule has 8 heteroatoms. The molecule has 0 bridgehead atoms. The molecule has 1 rings (SSSR count). The van der Waals surface area contributed by atoms with Gasteiger partial charge in [-0.3, -0.25) is 9.59 Å². The van der Waals surface area contributed by atoms with E-state index in [9.17, 15) is 19.8 Å². The number of aliphatic hydroxyl groups excluding tert-OH is 3. The fourth-order valence-corrected chi connectivity index (χ4v) is 1.76. The van der Waals surface area contributed by atoms with Gasteiger partial charge in [-0.2, -0.15) is 0 Å². The van der Waals surface area contributed by atoms with Gasteiger partial charge in [0, 0.05) is 6.92 Å². The molecule has 1 heterocycles. The van der Waals surface area contributed by atoms with Gasteiger partial charge in [0.15, 0.2) is 6.10 Å². The van der Waals surface area contributed by atoms with Gasteiger partial charge in [-0.25, -0.2) is 0 Å². The lowest BCUT2D eigenvalue weighted by atomic mass is 9.92. The highest BCUT2D eigenvalue weighted by Crippen LogP contribution is 2.21. The zero-order valence-corrected chi connectivity index (χ0v) is 9.24. The van der Waals surface area contributed by atoms with Crippen LogP contribution in [0.1, 0.15) is 6.92 Å². The van der Waals surface area contributed by atoms with E-state index >= 15 is 0 Å². The molecule has 1 fully saturated rings. The van der Waals surface area contributed by atoms with Crippen molar-refractivity contribution in [1.29, 1.82) is 0 Å². The van der Waals surface area contributed by atoms with E-state index in [1.165, 1.54) is 6.92 Å². The Morgan fingerprint density at radius 3 is 2.35 bits per heavy atom. The lowest BCUT2D eigenvalue weighted by Gasteiger charge is -2.41. The van der Waals surface area contributed by atoms with Crippen LogP contribution < -0.4 is 11.1 Å². The second-order valence-corrected chi connectivity index (χ2v) is 3.89. The summed E-state index contributed by atoms with van der Waals surface area (Å²) in [5, 5.41) is 30.5. The van der Waals surface area contributed by atoms with Crippen molar-refractivity contribution < 1.29 is 29.6 Å². The molecule has 1 aliphatic heterocycles. The zero-order valence-electron chi connectivity index (χ0n) is 9.24. The van der Waals surface area contributed by atoms with Gasteiger partial charge >= 0.3 is 0 Å². The molecular weight excluding hydrogens is 232 g/mol. The maximum Gasteiger partial charge on any atom is 0.248 e. The van der Waals surface area contributed by atoms with Crippen molar-refractivity contribution >= 4 is 11.8 Å². The van der Waals surface area contributed by atoms with Gasteiger partial charge in [-0.1, -0.05) is 0 Å². The van der Waals surface area contributed by atoms with Crippen LogP contribution in [-0.4, -0.2) is 64.2 Å². The van der Waals surface area contributed by atoms with E-state index in [0.29, 0.717) is 0 Å². The topological polar surface area (TPSA) is 142 Å². The van der Waals surface area contributed by atoms with Crippen LogP contribution in [0, 0.1) is 0 Å². The summed E-state index contributed by atoms with van der Waals surface area (Å²) in [4.78, 5) is 22.1. The van der Waals surface area contributed by atoms with Gasteiger partial charge in [0.05, 0.1) is 12.6 Å². The van der Waals surface area contributed by atoms with Gasteiger partial charge in [-0.05, 0) is 0 Å². The van der Waals surface area contributed by atoms with E-state index in [0.717, 1.165) is 0 Å². The van der Waals surface area contributed by atoms with Crippen LogP contribution in [0.4, 0.5) is 0 Å². The van der Waals surface area contributed by atoms with Crippen LogP contribution in [0.15, 0.2) is 0 Å². The van der Waals surface area contributed by atoms with Crippen molar-refractivity contribution in [3.8, 4) is 0 Å². The third kappa shape index (κ3) is 2.91. The monoisotopic (exact) mass is 248 g/mol.